The molecule has 3 N–H and O–H groups in total. The van der Waals surface area contributed by atoms with Crippen LogP contribution in [0.3, 0.4) is 0 Å². The number of nitrogens with one attached hydrogen (secondary N) is 1. The van der Waals surface area contributed by atoms with Crippen molar-refractivity contribution < 1.29 is 13.2 Å². The predicted molar refractivity (Wildman–Crippen MR) is 124 cm³/mol. The number of nitrogen functional groups attached to an aromatic ring is 1. The number of anilines is 2. The molecule has 1 aliphatic carbocycles. The smallest absolute Gasteiger partial charge is 0.368 e. The second-order valence-corrected chi connectivity index (χ2v) is 8.05. The van der Waals surface area contributed by atoms with E-state index in [1.54, 1.807) is 17.6 Å². The molecule has 1 unspecified atom stereocenters. The van der Waals surface area contributed by atoms with Crippen molar-refractivity contribution in [1.29, 1.82) is 0 Å². The number of halogens is 3. The van der Waals surface area contributed by atoms with Crippen molar-refractivity contribution in [2.75, 3.05) is 11.1 Å². The van der Waals surface area contributed by atoms with Crippen LogP contribution in [-0.2, 0) is 6.18 Å². The fourth-order valence-electron chi connectivity index (χ4n) is 4.05. The highest BCUT2D eigenvalue weighted by Crippen LogP contribution is 2.39. The van der Waals surface area contributed by atoms with Gasteiger partial charge in [-0.25, -0.2) is 4.98 Å². The number of rotatable bonds is 6. The zero-order valence-electron chi connectivity index (χ0n) is 18.3. The first-order valence-electron chi connectivity index (χ1n) is 10.6. The summed E-state index contributed by atoms with van der Waals surface area (Å²) in [6, 6.07) is 6.75. The first-order chi connectivity index (χ1) is 15.7. The van der Waals surface area contributed by atoms with Crippen LogP contribution in [0.15, 0.2) is 54.0 Å². The Hall–Kier alpha value is -3.62. The Morgan fingerprint density at radius 1 is 1.36 bits per heavy atom. The van der Waals surface area contributed by atoms with Crippen LogP contribution in [-0.4, -0.2) is 14.5 Å². The summed E-state index contributed by atoms with van der Waals surface area (Å²) in [6.07, 6.45) is 1.26. The van der Waals surface area contributed by atoms with Gasteiger partial charge in [0.1, 0.15) is 11.4 Å². The number of allylic oxidation sites excluding steroid dienone is 3. The van der Waals surface area contributed by atoms with E-state index in [2.05, 4.69) is 21.9 Å². The van der Waals surface area contributed by atoms with Crippen molar-refractivity contribution in [3.05, 3.63) is 76.4 Å². The lowest BCUT2D eigenvalue weighted by Gasteiger charge is -2.23. The second kappa shape index (κ2) is 8.38. The highest BCUT2D eigenvalue weighted by molar-refractivity contribution is 5.95. The van der Waals surface area contributed by atoms with Crippen molar-refractivity contribution in [1.82, 2.24) is 14.5 Å². The van der Waals surface area contributed by atoms with Crippen LogP contribution >= 0.6 is 0 Å². The molecule has 33 heavy (non-hydrogen) atoms. The summed E-state index contributed by atoms with van der Waals surface area (Å²) in [5.41, 5.74) is 6.55. The van der Waals surface area contributed by atoms with Gasteiger partial charge < -0.3 is 15.6 Å². The first kappa shape index (κ1) is 22.6. The number of aromatic nitrogens is 3. The maximum atomic E-state index is 13.7. The summed E-state index contributed by atoms with van der Waals surface area (Å²) in [7, 11) is 0. The summed E-state index contributed by atoms with van der Waals surface area (Å²) in [4.78, 5) is 20.9. The van der Waals surface area contributed by atoms with Crippen molar-refractivity contribution >= 4 is 28.1 Å². The Balaban J connectivity index is 1.87. The third kappa shape index (κ3) is 4.22. The SMILES string of the molecule is C=CC(=CC)c1cccc2cc(C(C)Nc3nc(N)ncc3C(F)(F)F)n(C3CC3)c(=O)c12. The predicted octanol–water partition coefficient (Wildman–Crippen LogP) is 5.49. The van der Waals surface area contributed by atoms with Gasteiger partial charge in [-0.05, 0) is 49.3 Å². The summed E-state index contributed by atoms with van der Waals surface area (Å²) >= 11 is 0. The molecule has 2 aromatic heterocycles. The molecule has 1 fully saturated rings. The standard InChI is InChI=1S/C24H24F3N5O/c1-4-14(5-2)17-8-6-7-15-11-19(32(16-9-10-16)22(33)20(15)17)13(3)30-21-18(24(25,26)27)12-29-23(28)31-21/h4-8,11-13,16H,1,9-10H2,2-3H3,(H3,28,29,30,31). The molecule has 2 heterocycles. The van der Waals surface area contributed by atoms with Gasteiger partial charge in [0.2, 0.25) is 5.95 Å². The van der Waals surface area contributed by atoms with Crippen molar-refractivity contribution in [2.24, 2.45) is 0 Å². The minimum Gasteiger partial charge on any atom is -0.368 e. The molecule has 1 aromatic carbocycles. The summed E-state index contributed by atoms with van der Waals surface area (Å²) in [5, 5.41) is 4.08. The highest BCUT2D eigenvalue weighted by atomic mass is 19.4. The molecule has 1 aliphatic rings. The zero-order valence-corrected chi connectivity index (χ0v) is 18.3. The highest BCUT2D eigenvalue weighted by Gasteiger charge is 2.36. The fourth-order valence-corrected chi connectivity index (χ4v) is 4.05. The van der Waals surface area contributed by atoms with E-state index in [9.17, 15) is 18.0 Å². The van der Waals surface area contributed by atoms with E-state index in [0.717, 1.165) is 24.0 Å². The van der Waals surface area contributed by atoms with Crippen LogP contribution < -0.4 is 16.6 Å². The number of hydrogen-bond donors (Lipinski definition) is 2. The Kier molecular flexibility index (Phi) is 5.73. The summed E-state index contributed by atoms with van der Waals surface area (Å²) < 4.78 is 42.1. The Morgan fingerprint density at radius 3 is 2.70 bits per heavy atom. The van der Waals surface area contributed by atoms with E-state index < -0.39 is 23.6 Å². The average molecular weight is 455 g/mol. The molecular formula is C24H24F3N5O. The lowest BCUT2D eigenvalue weighted by Crippen LogP contribution is -2.27. The molecule has 9 heteroatoms. The van der Waals surface area contributed by atoms with Crippen LogP contribution in [0.4, 0.5) is 24.9 Å². The Bertz CT molecular complexity index is 1320. The molecule has 6 nitrogen and oxygen atoms in total. The van der Waals surface area contributed by atoms with Gasteiger partial charge in [0.25, 0.3) is 5.56 Å². The van der Waals surface area contributed by atoms with E-state index in [-0.39, 0.29) is 17.5 Å². The third-order valence-corrected chi connectivity index (χ3v) is 5.77. The van der Waals surface area contributed by atoms with Crippen LogP contribution in [0.2, 0.25) is 0 Å². The maximum Gasteiger partial charge on any atom is 0.421 e. The quantitative estimate of drug-likeness (QED) is 0.480. The number of nitrogens with zero attached hydrogens (tertiary/aromatic N) is 3. The molecule has 0 bridgehead atoms. The van der Waals surface area contributed by atoms with Gasteiger partial charge in [0.15, 0.2) is 0 Å². The maximum absolute atomic E-state index is 13.7. The fraction of sp³-hybridized carbons (Fsp3) is 0.292. The number of alkyl halides is 3. The van der Waals surface area contributed by atoms with E-state index in [1.807, 2.05) is 37.3 Å². The van der Waals surface area contributed by atoms with Gasteiger partial charge in [-0.15, -0.1) is 0 Å². The van der Waals surface area contributed by atoms with E-state index in [0.29, 0.717) is 22.7 Å². The normalized spacial score (nSPS) is 15.5. The van der Waals surface area contributed by atoms with Gasteiger partial charge >= 0.3 is 6.18 Å². The average Bonchev–Trinajstić information content (AvgIpc) is 3.58. The molecule has 0 saturated heterocycles. The summed E-state index contributed by atoms with van der Waals surface area (Å²) in [5.74, 6) is -0.697. The van der Waals surface area contributed by atoms with Crippen LogP contribution in [0.25, 0.3) is 16.3 Å². The Morgan fingerprint density at radius 2 is 2.09 bits per heavy atom. The lowest BCUT2D eigenvalue weighted by molar-refractivity contribution is -0.137. The zero-order chi connectivity index (χ0) is 23.9. The minimum absolute atomic E-state index is 0.00421. The second-order valence-electron chi connectivity index (χ2n) is 8.05. The number of hydrogen-bond acceptors (Lipinski definition) is 5. The number of nitrogens with two attached hydrogens (primary N) is 1. The van der Waals surface area contributed by atoms with Gasteiger partial charge in [0, 0.05) is 17.9 Å². The number of fused-ring (bicyclic) bond motifs is 1. The van der Waals surface area contributed by atoms with Crippen molar-refractivity contribution in [2.45, 2.75) is 44.9 Å². The molecule has 0 amide bonds. The van der Waals surface area contributed by atoms with Crippen molar-refractivity contribution in [3.8, 4) is 0 Å². The lowest BCUT2D eigenvalue weighted by atomic mass is 9.97. The third-order valence-electron chi connectivity index (χ3n) is 5.77. The summed E-state index contributed by atoms with van der Waals surface area (Å²) in [6.45, 7) is 7.41. The molecule has 172 valence electrons. The number of benzene rings is 1. The molecule has 0 radical (unpaired) electrons. The van der Waals surface area contributed by atoms with Gasteiger partial charge in [0.05, 0.1) is 11.4 Å². The van der Waals surface area contributed by atoms with Crippen molar-refractivity contribution in [3.63, 3.8) is 0 Å². The monoisotopic (exact) mass is 455 g/mol. The van der Waals surface area contributed by atoms with Gasteiger partial charge in [-0.2, -0.15) is 18.2 Å². The van der Waals surface area contributed by atoms with Gasteiger partial charge in [-0.3, -0.25) is 4.79 Å². The van der Waals surface area contributed by atoms with Crippen LogP contribution in [0.1, 0.15) is 55.6 Å². The molecule has 1 atom stereocenters. The molecule has 4 rings (SSSR count). The molecular weight excluding hydrogens is 431 g/mol. The van der Waals surface area contributed by atoms with E-state index in [1.165, 1.54) is 0 Å². The van der Waals surface area contributed by atoms with Crippen LogP contribution in [0.5, 0.6) is 0 Å². The number of pyridine rings is 1. The minimum atomic E-state index is -4.65. The topological polar surface area (TPSA) is 85.8 Å². The van der Waals surface area contributed by atoms with Crippen LogP contribution in [0, 0.1) is 0 Å². The molecule has 3 aromatic rings. The van der Waals surface area contributed by atoms with E-state index in [4.69, 9.17) is 5.73 Å². The van der Waals surface area contributed by atoms with E-state index >= 15 is 0 Å². The largest absolute Gasteiger partial charge is 0.421 e. The first-order valence-corrected chi connectivity index (χ1v) is 10.6. The van der Waals surface area contributed by atoms with Gasteiger partial charge in [-0.1, -0.05) is 36.9 Å². The molecule has 1 saturated carbocycles. The Labute approximate surface area is 188 Å². The molecule has 0 aliphatic heterocycles. The molecule has 0 spiro atoms.